The van der Waals surface area contributed by atoms with Gasteiger partial charge in [0, 0.05) is 18.4 Å². The van der Waals surface area contributed by atoms with Gasteiger partial charge in [-0.1, -0.05) is 17.3 Å². The first-order valence-electron chi connectivity index (χ1n) is 9.30. The van der Waals surface area contributed by atoms with E-state index in [4.69, 9.17) is 9.51 Å². The van der Waals surface area contributed by atoms with Crippen molar-refractivity contribution in [1.29, 1.82) is 0 Å². The zero-order chi connectivity index (χ0) is 16.8. The Balaban J connectivity index is 1.34. The molecule has 3 heterocycles. The van der Waals surface area contributed by atoms with E-state index in [-0.39, 0.29) is 6.04 Å². The number of rotatable bonds is 4. The van der Waals surface area contributed by atoms with Crippen LogP contribution >= 0.6 is 0 Å². The number of hydrogen-bond donors (Lipinski definition) is 1. The Morgan fingerprint density at radius 2 is 2.04 bits per heavy atom. The minimum Gasteiger partial charge on any atom is -0.342 e. The third-order valence-corrected chi connectivity index (χ3v) is 5.55. The van der Waals surface area contributed by atoms with Crippen molar-refractivity contribution in [3.8, 4) is 0 Å². The lowest BCUT2D eigenvalue weighted by Gasteiger charge is -2.34. The lowest BCUT2D eigenvalue weighted by atomic mass is 9.96. The second kappa shape index (κ2) is 5.95. The number of imidazole rings is 1. The van der Waals surface area contributed by atoms with Crippen LogP contribution in [0.1, 0.15) is 68.0 Å². The first-order chi connectivity index (χ1) is 12.3. The molecule has 130 valence electrons. The lowest BCUT2D eigenvalue weighted by Crippen LogP contribution is -2.36. The first kappa shape index (κ1) is 15.1. The predicted molar refractivity (Wildman–Crippen MR) is 94.3 cm³/mol. The summed E-state index contributed by atoms with van der Waals surface area (Å²) < 4.78 is 5.54. The van der Waals surface area contributed by atoms with Crippen LogP contribution in [-0.4, -0.2) is 38.1 Å². The minimum atomic E-state index is 0.159. The number of fused-ring (bicyclic) bond motifs is 1. The number of piperidine rings is 1. The molecule has 2 atom stereocenters. The molecule has 25 heavy (non-hydrogen) atoms. The Morgan fingerprint density at radius 1 is 1.16 bits per heavy atom. The minimum absolute atomic E-state index is 0.159. The van der Waals surface area contributed by atoms with E-state index in [1.807, 2.05) is 12.1 Å². The van der Waals surface area contributed by atoms with Gasteiger partial charge < -0.3 is 9.51 Å². The highest BCUT2D eigenvalue weighted by atomic mass is 16.5. The Kier molecular flexibility index (Phi) is 3.59. The molecule has 3 aromatic rings. The zero-order valence-corrected chi connectivity index (χ0v) is 14.5. The van der Waals surface area contributed by atoms with Crippen molar-refractivity contribution < 1.29 is 4.52 Å². The number of para-hydroxylation sites is 2. The summed E-state index contributed by atoms with van der Waals surface area (Å²) in [5, 5.41) is 4.17. The summed E-state index contributed by atoms with van der Waals surface area (Å²) in [6, 6.07) is 8.40. The van der Waals surface area contributed by atoms with Gasteiger partial charge in [0.05, 0.1) is 17.1 Å². The Morgan fingerprint density at radius 3 is 2.88 bits per heavy atom. The van der Waals surface area contributed by atoms with Crippen molar-refractivity contribution in [3.05, 3.63) is 41.8 Å². The third kappa shape index (κ3) is 2.84. The summed E-state index contributed by atoms with van der Waals surface area (Å²) in [5.74, 6) is 3.71. The van der Waals surface area contributed by atoms with Crippen LogP contribution in [0.25, 0.3) is 11.0 Å². The fourth-order valence-corrected chi connectivity index (χ4v) is 3.83. The van der Waals surface area contributed by atoms with Gasteiger partial charge in [0.15, 0.2) is 5.82 Å². The number of aromatic nitrogens is 4. The predicted octanol–water partition coefficient (Wildman–Crippen LogP) is 3.76. The van der Waals surface area contributed by atoms with Gasteiger partial charge in [0.2, 0.25) is 5.89 Å². The molecule has 2 aliphatic rings. The number of hydrogen-bond acceptors (Lipinski definition) is 5. The van der Waals surface area contributed by atoms with E-state index in [1.165, 1.54) is 19.3 Å². The standard InChI is InChI=1S/C19H23N5O/c1-12(19-22-18(23-25-19)13-8-9-13)24-10-4-5-14(11-24)17-20-15-6-2-3-7-16(15)21-17/h2-3,6-7,12-14H,4-5,8-11H2,1H3,(H,20,21)/t12-,14+/m1/s1. The molecule has 1 aliphatic heterocycles. The SMILES string of the molecule is C[C@H](c1nc(C2CC2)no1)N1CCC[C@H](c2nc3ccccc3[nH]2)C1. The number of H-pyrrole nitrogens is 1. The van der Waals surface area contributed by atoms with Crippen LogP contribution in [0.2, 0.25) is 0 Å². The van der Waals surface area contributed by atoms with Gasteiger partial charge >= 0.3 is 0 Å². The van der Waals surface area contributed by atoms with Crippen molar-refractivity contribution in [3.63, 3.8) is 0 Å². The number of aromatic amines is 1. The topological polar surface area (TPSA) is 70.8 Å². The molecule has 6 heteroatoms. The van der Waals surface area contributed by atoms with Gasteiger partial charge in [-0.3, -0.25) is 4.90 Å². The van der Waals surface area contributed by atoms with Gasteiger partial charge in [-0.2, -0.15) is 4.98 Å². The highest BCUT2D eigenvalue weighted by Crippen LogP contribution is 2.39. The monoisotopic (exact) mass is 337 g/mol. The van der Waals surface area contributed by atoms with Crippen molar-refractivity contribution in [1.82, 2.24) is 25.0 Å². The van der Waals surface area contributed by atoms with E-state index in [1.54, 1.807) is 0 Å². The van der Waals surface area contributed by atoms with Gasteiger partial charge in [-0.05, 0) is 51.3 Å². The molecule has 1 aliphatic carbocycles. The highest BCUT2D eigenvalue weighted by Gasteiger charge is 2.32. The third-order valence-electron chi connectivity index (χ3n) is 5.55. The van der Waals surface area contributed by atoms with Crippen LogP contribution in [0.4, 0.5) is 0 Å². The molecular weight excluding hydrogens is 314 g/mol. The number of likely N-dealkylation sites (tertiary alicyclic amines) is 1. The molecule has 0 spiro atoms. The Hall–Kier alpha value is -2.21. The van der Waals surface area contributed by atoms with E-state index >= 15 is 0 Å². The summed E-state index contributed by atoms with van der Waals surface area (Å²) in [4.78, 5) is 15.4. The summed E-state index contributed by atoms with van der Waals surface area (Å²) in [7, 11) is 0. The summed E-state index contributed by atoms with van der Waals surface area (Å²) >= 11 is 0. The smallest absolute Gasteiger partial charge is 0.243 e. The lowest BCUT2D eigenvalue weighted by molar-refractivity contribution is 0.131. The van der Waals surface area contributed by atoms with Crippen molar-refractivity contribution in [2.75, 3.05) is 13.1 Å². The van der Waals surface area contributed by atoms with Gasteiger partial charge in [-0.25, -0.2) is 4.98 Å². The highest BCUT2D eigenvalue weighted by molar-refractivity contribution is 5.74. The van der Waals surface area contributed by atoms with E-state index in [9.17, 15) is 0 Å². The quantitative estimate of drug-likeness (QED) is 0.785. The molecule has 1 aromatic carbocycles. The largest absolute Gasteiger partial charge is 0.342 e. The molecule has 2 aromatic heterocycles. The molecule has 2 fully saturated rings. The maximum atomic E-state index is 5.54. The summed E-state index contributed by atoms with van der Waals surface area (Å²) in [6.45, 7) is 4.21. The fraction of sp³-hybridized carbons (Fsp3) is 0.526. The molecule has 6 nitrogen and oxygen atoms in total. The Bertz CT molecular complexity index is 848. The number of nitrogens with zero attached hydrogens (tertiary/aromatic N) is 4. The molecule has 5 rings (SSSR count). The van der Waals surface area contributed by atoms with Gasteiger partial charge in [0.1, 0.15) is 5.82 Å². The van der Waals surface area contributed by atoms with Crippen LogP contribution in [0.3, 0.4) is 0 Å². The van der Waals surface area contributed by atoms with Crippen molar-refractivity contribution >= 4 is 11.0 Å². The van der Waals surface area contributed by atoms with Crippen LogP contribution < -0.4 is 0 Å². The van der Waals surface area contributed by atoms with Gasteiger partial charge in [0.25, 0.3) is 0 Å². The average molecular weight is 337 g/mol. The second-order valence-electron chi connectivity index (χ2n) is 7.41. The van der Waals surface area contributed by atoms with Crippen LogP contribution in [0.5, 0.6) is 0 Å². The fourth-order valence-electron chi connectivity index (χ4n) is 3.83. The zero-order valence-electron chi connectivity index (χ0n) is 14.5. The average Bonchev–Trinajstić information content (AvgIpc) is 3.22. The molecule has 0 unspecified atom stereocenters. The second-order valence-corrected chi connectivity index (χ2v) is 7.41. The van der Waals surface area contributed by atoms with Crippen LogP contribution in [0.15, 0.2) is 28.8 Å². The van der Waals surface area contributed by atoms with Crippen molar-refractivity contribution in [2.45, 2.75) is 50.5 Å². The first-order valence-corrected chi connectivity index (χ1v) is 9.30. The molecule has 1 saturated heterocycles. The van der Waals surface area contributed by atoms with E-state index < -0.39 is 0 Å². The normalized spacial score (nSPS) is 23.2. The number of nitrogens with one attached hydrogen (secondary N) is 1. The van der Waals surface area contributed by atoms with Crippen molar-refractivity contribution in [2.24, 2.45) is 0 Å². The summed E-state index contributed by atoms with van der Waals surface area (Å²) in [6.07, 6.45) is 4.73. The van der Waals surface area contributed by atoms with Crippen LogP contribution in [-0.2, 0) is 0 Å². The molecular formula is C19H23N5O. The molecule has 0 bridgehead atoms. The van der Waals surface area contributed by atoms with Crippen LogP contribution in [0, 0.1) is 0 Å². The van der Waals surface area contributed by atoms with E-state index in [0.717, 1.165) is 48.1 Å². The molecule has 0 amide bonds. The molecule has 0 radical (unpaired) electrons. The Labute approximate surface area is 146 Å². The number of benzene rings is 1. The van der Waals surface area contributed by atoms with Gasteiger partial charge in [-0.15, -0.1) is 0 Å². The molecule has 1 saturated carbocycles. The van der Waals surface area contributed by atoms with E-state index in [2.05, 4.69) is 39.1 Å². The maximum Gasteiger partial charge on any atom is 0.243 e. The molecule has 1 N–H and O–H groups in total. The van der Waals surface area contributed by atoms with E-state index in [0.29, 0.717) is 11.8 Å². The maximum absolute atomic E-state index is 5.54. The summed E-state index contributed by atoms with van der Waals surface area (Å²) in [5.41, 5.74) is 2.17.